The average Bonchev–Trinajstić information content (AvgIpc) is 2.56. The van der Waals surface area contributed by atoms with Crippen molar-refractivity contribution in [2.45, 2.75) is 12.2 Å². The van der Waals surface area contributed by atoms with Gasteiger partial charge in [0.2, 0.25) is 0 Å². The second-order valence-corrected chi connectivity index (χ2v) is 5.01. The Labute approximate surface area is 127 Å². The van der Waals surface area contributed by atoms with Gasteiger partial charge in [0.15, 0.2) is 17.7 Å². The van der Waals surface area contributed by atoms with Gasteiger partial charge in [-0.3, -0.25) is 4.98 Å². The monoisotopic (exact) mass is 306 g/mol. The lowest BCUT2D eigenvalue weighted by Gasteiger charge is -2.31. The Morgan fingerprint density at radius 3 is 2.91 bits per heavy atom. The van der Waals surface area contributed by atoms with Crippen LogP contribution in [0.1, 0.15) is 11.7 Å². The van der Waals surface area contributed by atoms with E-state index in [4.69, 9.17) is 9.47 Å². The van der Waals surface area contributed by atoms with Crippen LogP contribution in [0.15, 0.2) is 42.7 Å². The molecule has 1 aliphatic heterocycles. The minimum Gasteiger partial charge on any atom is -0.480 e. The molecule has 1 N–H and O–H groups in total. The zero-order valence-electron chi connectivity index (χ0n) is 11.8. The molecule has 0 radical (unpaired) electrons. The average molecular weight is 306 g/mol. The highest BCUT2D eigenvalue weighted by molar-refractivity contribution is 5.27. The van der Waals surface area contributed by atoms with E-state index in [1.54, 1.807) is 18.5 Å². The van der Waals surface area contributed by atoms with Crippen molar-refractivity contribution in [1.82, 2.24) is 10.3 Å². The van der Waals surface area contributed by atoms with E-state index >= 15 is 0 Å². The molecule has 1 saturated heterocycles. The van der Waals surface area contributed by atoms with Gasteiger partial charge in [-0.15, -0.1) is 0 Å². The first-order valence-electron chi connectivity index (χ1n) is 7.08. The summed E-state index contributed by atoms with van der Waals surface area (Å²) in [5.41, 5.74) is 0.778. The number of benzene rings is 1. The van der Waals surface area contributed by atoms with Crippen LogP contribution in [0.3, 0.4) is 0 Å². The fraction of sp³-hybridized carbons (Fsp3) is 0.312. The molecule has 3 rings (SSSR count). The van der Waals surface area contributed by atoms with E-state index in [9.17, 15) is 8.78 Å². The van der Waals surface area contributed by atoms with E-state index in [0.29, 0.717) is 13.2 Å². The lowest BCUT2D eigenvalue weighted by atomic mass is 10.1. The number of morpholine rings is 1. The Bertz CT molecular complexity index is 619. The normalized spacial score (nSPS) is 19.6. The van der Waals surface area contributed by atoms with Crippen LogP contribution in [0.5, 0.6) is 5.75 Å². The Hall–Kier alpha value is -2.05. The van der Waals surface area contributed by atoms with Crippen LogP contribution in [0.25, 0.3) is 0 Å². The number of ether oxygens (including phenoxy) is 2. The van der Waals surface area contributed by atoms with Crippen LogP contribution in [0.2, 0.25) is 0 Å². The number of hydrogen-bond donors (Lipinski definition) is 1. The predicted octanol–water partition coefficient (Wildman–Crippen LogP) is 2.47. The minimum absolute atomic E-state index is 0.00979. The number of aromatic nitrogens is 1. The Morgan fingerprint density at radius 2 is 2.23 bits per heavy atom. The summed E-state index contributed by atoms with van der Waals surface area (Å²) in [6.07, 6.45) is 2.51. The number of hydrogen-bond acceptors (Lipinski definition) is 4. The summed E-state index contributed by atoms with van der Waals surface area (Å²) in [6, 6.07) is 6.87. The highest BCUT2D eigenvalue weighted by atomic mass is 19.1. The van der Waals surface area contributed by atoms with Gasteiger partial charge in [-0.1, -0.05) is 6.07 Å². The smallest absolute Gasteiger partial charge is 0.168 e. The summed E-state index contributed by atoms with van der Waals surface area (Å²) in [5, 5.41) is 3.22. The summed E-state index contributed by atoms with van der Waals surface area (Å²) in [6.45, 7) is 1.90. The molecule has 0 unspecified atom stereocenters. The Morgan fingerprint density at radius 1 is 1.32 bits per heavy atom. The molecule has 2 heterocycles. The Balaban J connectivity index is 1.87. The van der Waals surface area contributed by atoms with Crippen LogP contribution in [-0.2, 0) is 4.74 Å². The van der Waals surface area contributed by atoms with Crippen molar-refractivity contribution in [2.24, 2.45) is 0 Å². The van der Waals surface area contributed by atoms with Gasteiger partial charge in [-0.2, -0.15) is 0 Å². The fourth-order valence-corrected chi connectivity index (χ4v) is 2.39. The minimum atomic E-state index is -0.738. The molecule has 1 aromatic carbocycles. The molecular weight excluding hydrogens is 290 g/mol. The molecule has 1 aromatic heterocycles. The first-order chi connectivity index (χ1) is 10.7. The molecule has 1 aliphatic rings. The van der Waals surface area contributed by atoms with Crippen molar-refractivity contribution in [3.63, 3.8) is 0 Å². The van der Waals surface area contributed by atoms with Gasteiger partial charge < -0.3 is 14.8 Å². The van der Waals surface area contributed by atoms with Gasteiger partial charge in [-0.25, -0.2) is 8.78 Å². The molecule has 0 saturated carbocycles. The maximum Gasteiger partial charge on any atom is 0.168 e. The maximum absolute atomic E-state index is 13.9. The van der Waals surface area contributed by atoms with E-state index in [2.05, 4.69) is 10.3 Å². The number of rotatable bonds is 4. The molecule has 6 heteroatoms. The first kappa shape index (κ1) is 14.9. The molecule has 0 spiro atoms. The van der Waals surface area contributed by atoms with Crippen LogP contribution < -0.4 is 10.1 Å². The molecule has 2 atom stereocenters. The third-order valence-corrected chi connectivity index (χ3v) is 3.45. The molecule has 0 amide bonds. The van der Waals surface area contributed by atoms with Crippen LogP contribution >= 0.6 is 0 Å². The van der Waals surface area contributed by atoms with Gasteiger partial charge >= 0.3 is 0 Å². The van der Waals surface area contributed by atoms with Gasteiger partial charge in [0, 0.05) is 37.1 Å². The van der Waals surface area contributed by atoms with Crippen molar-refractivity contribution in [3.05, 3.63) is 59.9 Å². The molecule has 2 aromatic rings. The molecule has 0 aliphatic carbocycles. The molecular formula is C16H16F2N2O2. The predicted molar refractivity (Wildman–Crippen MR) is 76.6 cm³/mol. The van der Waals surface area contributed by atoms with Gasteiger partial charge in [0.25, 0.3) is 0 Å². The van der Waals surface area contributed by atoms with E-state index in [1.807, 2.05) is 6.07 Å². The Kier molecular flexibility index (Phi) is 4.60. The standard InChI is InChI=1S/C16H16F2N2O2/c17-12-3-4-14(13(18)8-12)22-16(11-2-1-5-19-9-11)15-10-20-6-7-21-15/h1-5,8-9,15-16,20H,6-7,10H2/t15-,16-/m1/s1. The number of pyridine rings is 1. The van der Waals surface area contributed by atoms with Gasteiger partial charge in [0.05, 0.1) is 6.61 Å². The number of halogens is 2. The quantitative estimate of drug-likeness (QED) is 0.942. The molecule has 116 valence electrons. The summed E-state index contributed by atoms with van der Waals surface area (Å²) in [7, 11) is 0. The number of nitrogens with one attached hydrogen (secondary N) is 1. The lowest BCUT2D eigenvalue weighted by Crippen LogP contribution is -2.43. The van der Waals surface area contributed by atoms with Crippen LogP contribution in [-0.4, -0.2) is 30.8 Å². The first-order valence-corrected chi connectivity index (χ1v) is 7.08. The van der Waals surface area contributed by atoms with E-state index in [1.165, 1.54) is 12.1 Å². The van der Waals surface area contributed by atoms with Crippen molar-refractivity contribution < 1.29 is 18.3 Å². The maximum atomic E-state index is 13.9. The third-order valence-electron chi connectivity index (χ3n) is 3.45. The largest absolute Gasteiger partial charge is 0.480 e. The second-order valence-electron chi connectivity index (χ2n) is 5.01. The summed E-state index contributed by atoms with van der Waals surface area (Å²) in [5.74, 6) is -1.39. The zero-order chi connectivity index (χ0) is 15.4. The van der Waals surface area contributed by atoms with Crippen molar-refractivity contribution in [1.29, 1.82) is 0 Å². The van der Waals surface area contributed by atoms with E-state index in [0.717, 1.165) is 18.2 Å². The highest BCUT2D eigenvalue weighted by Crippen LogP contribution is 2.29. The molecule has 22 heavy (non-hydrogen) atoms. The van der Waals surface area contributed by atoms with E-state index in [-0.39, 0.29) is 11.9 Å². The van der Waals surface area contributed by atoms with Crippen LogP contribution in [0, 0.1) is 11.6 Å². The summed E-state index contributed by atoms with van der Waals surface area (Å²) in [4.78, 5) is 4.07. The van der Waals surface area contributed by atoms with Crippen LogP contribution in [0.4, 0.5) is 8.78 Å². The number of nitrogens with zero attached hydrogens (tertiary/aromatic N) is 1. The van der Waals surface area contributed by atoms with Gasteiger partial charge in [-0.05, 0) is 18.2 Å². The SMILES string of the molecule is Fc1ccc(O[C@H](c2cccnc2)[C@H]2CNCCO2)c(F)c1. The lowest BCUT2D eigenvalue weighted by molar-refractivity contribution is -0.0443. The van der Waals surface area contributed by atoms with Crippen molar-refractivity contribution in [3.8, 4) is 5.75 Å². The van der Waals surface area contributed by atoms with Crippen molar-refractivity contribution >= 4 is 0 Å². The van der Waals surface area contributed by atoms with E-state index < -0.39 is 17.7 Å². The summed E-state index contributed by atoms with van der Waals surface area (Å²) < 4.78 is 38.4. The topological polar surface area (TPSA) is 43.4 Å². The summed E-state index contributed by atoms with van der Waals surface area (Å²) >= 11 is 0. The molecule has 0 bridgehead atoms. The third kappa shape index (κ3) is 3.40. The molecule has 1 fully saturated rings. The van der Waals surface area contributed by atoms with Gasteiger partial charge in [0.1, 0.15) is 11.9 Å². The van der Waals surface area contributed by atoms with Crippen molar-refractivity contribution in [2.75, 3.05) is 19.7 Å². The molecule has 4 nitrogen and oxygen atoms in total. The highest BCUT2D eigenvalue weighted by Gasteiger charge is 2.28. The zero-order valence-corrected chi connectivity index (χ0v) is 11.8. The second kappa shape index (κ2) is 6.81. The fourth-order valence-electron chi connectivity index (χ4n) is 2.39.